The Balaban J connectivity index is 1.56. The van der Waals surface area contributed by atoms with Crippen molar-refractivity contribution in [3.63, 3.8) is 0 Å². The minimum Gasteiger partial charge on any atom is -0.339 e. The largest absolute Gasteiger partial charge is 0.339 e. The molecule has 2 aliphatic rings. The Morgan fingerprint density at radius 3 is 2.22 bits per heavy atom. The number of amides is 3. The number of carbonyl (C=O) groups is 3. The molecule has 0 aliphatic carbocycles. The standard InChI is InChI=1S/C20H26N4O3/c1-13-10-15(3)16(11-14(13)2)12-19(26)23-6-8-24(9-7-23)20(27)17-4-5-18(25)22-21-17/h10-11H,4-9,12H2,1-3H3,(H,22,25). The van der Waals surface area contributed by atoms with Crippen LogP contribution >= 0.6 is 0 Å². The van der Waals surface area contributed by atoms with E-state index in [0.717, 1.165) is 11.1 Å². The summed E-state index contributed by atoms with van der Waals surface area (Å²) in [5, 5.41) is 3.87. The number of nitrogens with one attached hydrogen (secondary N) is 1. The predicted octanol–water partition coefficient (Wildman–Crippen LogP) is 1.09. The number of carbonyl (C=O) groups excluding carboxylic acids is 3. The molecule has 2 heterocycles. The fourth-order valence-corrected chi connectivity index (χ4v) is 3.46. The van der Waals surface area contributed by atoms with Gasteiger partial charge >= 0.3 is 0 Å². The van der Waals surface area contributed by atoms with Gasteiger partial charge in [-0.25, -0.2) is 5.43 Å². The summed E-state index contributed by atoms with van der Waals surface area (Å²) in [5.74, 6) is -0.216. The van der Waals surface area contributed by atoms with Gasteiger partial charge in [0.1, 0.15) is 5.71 Å². The number of nitrogens with zero attached hydrogens (tertiary/aromatic N) is 3. The molecule has 1 fully saturated rings. The average molecular weight is 370 g/mol. The van der Waals surface area contributed by atoms with Crippen molar-refractivity contribution in [3.8, 4) is 0 Å². The van der Waals surface area contributed by atoms with Gasteiger partial charge < -0.3 is 9.80 Å². The second kappa shape index (κ2) is 7.90. The molecule has 0 saturated carbocycles. The van der Waals surface area contributed by atoms with Crippen molar-refractivity contribution < 1.29 is 14.4 Å². The van der Waals surface area contributed by atoms with Gasteiger partial charge in [-0.05, 0) is 43.0 Å². The highest BCUT2D eigenvalue weighted by Gasteiger charge is 2.28. The molecule has 0 unspecified atom stereocenters. The van der Waals surface area contributed by atoms with Crippen LogP contribution < -0.4 is 5.43 Å². The van der Waals surface area contributed by atoms with Crippen LogP contribution in [0.15, 0.2) is 17.2 Å². The van der Waals surface area contributed by atoms with Crippen LogP contribution in [0.4, 0.5) is 0 Å². The van der Waals surface area contributed by atoms with Crippen LogP contribution in [0.5, 0.6) is 0 Å². The molecule has 3 amide bonds. The number of rotatable bonds is 3. The molecule has 0 aromatic heterocycles. The fourth-order valence-electron chi connectivity index (χ4n) is 3.46. The second-order valence-electron chi connectivity index (χ2n) is 7.31. The summed E-state index contributed by atoms with van der Waals surface area (Å²) in [6.07, 6.45) is 1.05. The van der Waals surface area contributed by atoms with E-state index in [9.17, 15) is 14.4 Å². The lowest BCUT2D eigenvalue weighted by molar-refractivity contribution is -0.136. The summed E-state index contributed by atoms with van der Waals surface area (Å²) in [4.78, 5) is 39.8. The van der Waals surface area contributed by atoms with E-state index < -0.39 is 0 Å². The second-order valence-corrected chi connectivity index (χ2v) is 7.31. The summed E-state index contributed by atoms with van der Waals surface area (Å²) in [6.45, 7) is 8.19. The minimum absolute atomic E-state index is 0.0933. The Morgan fingerprint density at radius 2 is 1.59 bits per heavy atom. The van der Waals surface area contributed by atoms with Gasteiger partial charge in [-0.1, -0.05) is 12.1 Å². The van der Waals surface area contributed by atoms with Crippen molar-refractivity contribution >= 4 is 23.4 Å². The van der Waals surface area contributed by atoms with Gasteiger partial charge in [0, 0.05) is 39.0 Å². The SMILES string of the molecule is Cc1cc(C)c(CC(=O)N2CCN(C(=O)C3=NNC(=O)CC3)CC2)cc1C. The van der Waals surface area contributed by atoms with Crippen molar-refractivity contribution in [2.45, 2.75) is 40.0 Å². The molecule has 27 heavy (non-hydrogen) atoms. The average Bonchev–Trinajstić information content (AvgIpc) is 2.66. The molecule has 3 rings (SSSR count). The lowest BCUT2D eigenvalue weighted by Crippen LogP contribution is -2.53. The van der Waals surface area contributed by atoms with Crippen LogP contribution in [-0.2, 0) is 20.8 Å². The molecule has 0 bridgehead atoms. The van der Waals surface area contributed by atoms with Crippen LogP contribution in [0, 0.1) is 20.8 Å². The summed E-state index contributed by atoms with van der Waals surface area (Å²) in [5.41, 5.74) is 7.37. The zero-order valence-corrected chi connectivity index (χ0v) is 16.2. The molecule has 0 radical (unpaired) electrons. The predicted molar refractivity (Wildman–Crippen MR) is 102 cm³/mol. The van der Waals surface area contributed by atoms with Gasteiger partial charge in [0.25, 0.3) is 5.91 Å². The lowest BCUT2D eigenvalue weighted by atomic mass is 9.98. The molecule has 1 N–H and O–H groups in total. The van der Waals surface area contributed by atoms with Crippen molar-refractivity contribution in [2.75, 3.05) is 26.2 Å². The third-order valence-electron chi connectivity index (χ3n) is 5.36. The quantitative estimate of drug-likeness (QED) is 0.865. The summed E-state index contributed by atoms with van der Waals surface area (Å²) < 4.78 is 0. The molecule has 2 aliphatic heterocycles. The molecule has 1 aromatic carbocycles. The molecule has 7 heteroatoms. The molecule has 1 aromatic rings. The van der Waals surface area contributed by atoms with E-state index in [2.05, 4.69) is 36.5 Å². The molecule has 144 valence electrons. The van der Waals surface area contributed by atoms with Gasteiger partial charge in [-0.3, -0.25) is 14.4 Å². The van der Waals surface area contributed by atoms with Crippen LogP contribution in [0.25, 0.3) is 0 Å². The third kappa shape index (κ3) is 4.35. The number of hydrazone groups is 1. The van der Waals surface area contributed by atoms with Crippen LogP contribution in [-0.4, -0.2) is 59.4 Å². The molecular weight excluding hydrogens is 344 g/mol. The highest BCUT2D eigenvalue weighted by Crippen LogP contribution is 2.17. The van der Waals surface area contributed by atoms with Gasteiger partial charge in [0.2, 0.25) is 11.8 Å². The number of hydrogen-bond acceptors (Lipinski definition) is 4. The first-order valence-corrected chi connectivity index (χ1v) is 9.34. The zero-order chi connectivity index (χ0) is 19.6. The van der Waals surface area contributed by atoms with E-state index in [-0.39, 0.29) is 17.7 Å². The minimum atomic E-state index is -0.163. The number of aryl methyl sites for hydroxylation is 3. The monoisotopic (exact) mass is 370 g/mol. The van der Waals surface area contributed by atoms with Crippen molar-refractivity contribution in [3.05, 3.63) is 34.4 Å². The van der Waals surface area contributed by atoms with Gasteiger partial charge in [-0.15, -0.1) is 0 Å². The van der Waals surface area contributed by atoms with Crippen molar-refractivity contribution in [2.24, 2.45) is 5.10 Å². The van der Waals surface area contributed by atoms with Crippen molar-refractivity contribution in [1.29, 1.82) is 0 Å². The summed E-state index contributed by atoms with van der Waals surface area (Å²) in [7, 11) is 0. The van der Waals surface area contributed by atoms with Gasteiger partial charge in [0.15, 0.2) is 0 Å². The van der Waals surface area contributed by atoms with E-state index >= 15 is 0 Å². The third-order valence-corrected chi connectivity index (χ3v) is 5.36. The summed E-state index contributed by atoms with van der Waals surface area (Å²) >= 11 is 0. The van der Waals surface area contributed by atoms with E-state index in [1.807, 2.05) is 11.8 Å². The maximum absolute atomic E-state index is 12.7. The number of piperazine rings is 1. The highest BCUT2D eigenvalue weighted by molar-refractivity contribution is 6.39. The Morgan fingerprint density at radius 1 is 0.963 bits per heavy atom. The molecule has 0 atom stereocenters. The smallest absolute Gasteiger partial charge is 0.270 e. The van der Waals surface area contributed by atoms with Crippen molar-refractivity contribution in [1.82, 2.24) is 15.2 Å². The first kappa shape index (κ1) is 19.1. The number of benzene rings is 1. The molecular formula is C20H26N4O3. The van der Waals surface area contributed by atoms with Gasteiger partial charge in [-0.2, -0.15) is 5.10 Å². The van der Waals surface area contributed by atoms with E-state index in [1.165, 1.54) is 11.1 Å². The van der Waals surface area contributed by atoms with Crippen LogP contribution in [0.1, 0.15) is 35.1 Å². The lowest BCUT2D eigenvalue weighted by Gasteiger charge is -2.35. The van der Waals surface area contributed by atoms with Crippen LogP contribution in [0.2, 0.25) is 0 Å². The first-order valence-electron chi connectivity index (χ1n) is 9.34. The maximum Gasteiger partial charge on any atom is 0.270 e. The Hall–Kier alpha value is -2.70. The normalized spacial score (nSPS) is 17.4. The molecule has 7 nitrogen and oxygen atoms in total. The molecule has 1 saturated heterocycles. The van der Waals surface area contributed by atoms with Crippen LogP contribution in [0.3, 0.4) is 0 Å². The first-order chi connectivity index (χ1) is 12.8. The Kier molecular flexibility index (Phi) is 5.58. The Labute approximate surface area is 159 Å². The maximum atomic E-state index is 12.7. The zero-order valence-electron chi connectivity index (χ0n) is 16.2. The van der Waals surface area contributed by atoms with E-state index in [4.69, 9.17) is 0 Å². The van der Waals surface area contributed by atoms with Gasteiger partial charge in [0.05, 0.1) is 6.42 Å². The molecule has 0 spiro atoms. The number of hydrogen-bond donors (Lipinski definition) is 1. The summed E-state index contributed by atoms with van der Waals surface area (Å²) in [6, 6.07) is 4.22. The van der Waals surface area contributed by atoms with E-state index in [0.29, 0.717) is 51.2 Å². The van der Waals surface area contributed by atoms with E-state index in [1.54, 1.807) is 4.90 Å². The topological polar surface area (TPSA) is 82.1 Å². The Bertz CT molecular complexity index is 808. The highest BCUT2D eigenvalue weighted by atomic mass is 16.2. The fraction of sp³-hybridized carbons (Fsp3) is 0.500.